The van der Waals surface area contributed by atoms with Crippen molar-refractivity contribution in [2.75, 3.05) is 0 Å². The first-order valence-electron chi connectivity index (χ1n) is 6.15. The van der Waals surface area contributed by atoms with Gasteiger partial charge in [0, 0.05) is 5.56 Å². The van der Waals surface area contributed by atoms with Crippen LogP contribution in [0.3, 0.4) is 0 Å². The fourth-order valence-electron chi connectivity index (χ4n) is 1.80. The third-order valence-electron chi connectivity index (χ3n) is 3.10. The molecule has 0 saturated heterocycles. The number of benzene rings is 2. The maximum absolute atomic E-state index is 5.76. The van der Waals surface area contributed by atoms with Crippen molar-refractivity contribution in [2.24, 2.45) is 5.73 Å². The van der Waals surface area contributed by atoms with Crippen LogP contribution < -0.4 is 10.5 Å². The summed E-state index contributed by atoms with van der Waals surface area (Å²) in [7, 11) is 0. The molecule has 0 heterocycles. The van der Waals surface area contributed by atoms with Gasteiger partial charge in [-0.3, -0.25) is 0 Å². The summed E-state index contributed by atoms with van der Waals surface area (Å²) < 4.78 is 5.76. The number of rotatable bonds is 4. The van der Waals surface area contributed by atoms with Crippen LogP contribution in [0.1, 0.15) is 22.3 Å². The molecule has 0 aliphatic carbocycles. The number of ether oxygens (including phenoxy) is 1. The Balaban J connectivity index is 2.07. The molecule has 0 unspecified atom stereocenters. The molecule has 0 spiro atoms. The van der Waals surface area contributed by atoms with Crippen LogP contribution in [-0.4, -0.2) is 4.99 Å². The van der Waals surface area contributed by atoms with E-state index in [0.29, 0.717) is 11.6 Å². The van der Waals surface area contributed by atoms with Crippen molar-refractivity contribution in [1.82, 2.24) is 0 Å². The van der Waals surface area contributed by atoms with E-state index in [1.54, 1.807) is 0 Å². The molecule has 2 nitrogen and oxygen atoms in total. The molecular formula is C16H17NOS. The highest BCUT2D eigenvalue weighted by Gasteiger charge is 2.01. The van der Waals surface area contributed by atoms with E-state index in [4.69, 9.17) is 22.7 Å². The quantitative estimate of drug-likeness (QED) is 0.864. The van der Waals surface area contributed by atoms with Crippen LogP contribution in [0.4, 0.5) is 0 Å². The van der Waals surface area contributed by atoms with E-state index < -0.39 is 0 Å². The minimum absolute atomic E-state index is 0.386. The van der Waals surface area contributed by atoms with Gasteiger partial charge < -0.3 is 10.5 Å². The largest absolute Gasteiger partial charge is 0.489 e. The van der Waals surface area contributed by atoms with E-state index in [-0.39, 0.29) is 0 Å². The zero-order chi connectivity index (χ0) is 13.8. The molecule has 2 aromatic rings. The second-order valence-electron chi connectivity index (χ2n) is 4.60. The summed E-state index contributed by atoms with van der Waals surface area (Å²) in [4.78, 5) is 0.386. The highest BCUT2D eigenvalue weighted by molar-refractivity contribution is 7.80. The van der Waals surface area contributed by atoms with Gasteiger partial charge in [-0.05, 0) is 42.7 Å². The lowest BCUT2D eigenvalue weighted by molar-refractivity contribution is 0.306. The summed E-state index contributed by atoms with van der Waals surface area (Å²) in [6.07, 6.45) is 0. The summed E-state index contributed by atoms with van der Waals surface area (Å²) in [5.74, 6) is 0.781. The molecule has 0 atom stereocenters. The lowest BCUT2D eigenvalue weighted by atomic mass is 10.1. The van der Waals surface area contributed by atoms with Crippen LogP contribution in [-0.2, 0) is 6.61 Å². The van der Waals surface area contributed by atoms with Crippen LogP contribution in [0.25, 0.3) is 0 Å². The molecule has 2 rings (SSSR count). The van der Waals surface area contributed by atoms with Gasteiger partial charge >= 0.3 is 0 Å². The van der Waals surface area contributed by atoms with E-state index in [1.807, 2.05) is 24.3 Å². The zero-order valence-electron chi connectivity index (χ0n) is 11.1. The molecule has 2 N–H and O–H groups in total. The Kier molecular flexibility index (Phi) is 4.17. The van der Waals surface area contributed by atoms with E-state index in [9.17, 15) is 0 Å². The summed E-state index contributed by atoms with van der Waals surface area (Å²) in [6.45, 7) is 4.75. The average Bonchev–Trinajstić information content (AvgIpc) is 2.40. The number of hydrogen-bond acceptors (Lipinski definition) is 2. The Bertz CT molecular complexity index is 607. The molecule has 0 bridgehead atoms. The summed E-state index contributed by atoms with van der Waals surface area (Å²) in [5.41, 5.74) is 10.2. The Labute approximate surface area is 119 Å². The van der Waals surface area contributed by atoms with Gasteiger partial charge in [0.15, 0.2) is 0 Å². The molecule has 19 heavy (non-hydrogen) atoms. The van der Waals surface area contributed by atoms with Gasteiger partial charge in [-0.2, -0.15) is 0 Å². The maximum atomic E-state index is 5.76. The standard InChI is InChI=1S/C16H17NOS/c1-11-6-7-13(8-12(11)2)10-18-15-5-3-4-14(9-15)16(17)19/h3-9H,10H2,1-2H3,(H2,17,19). The molecule has 98 valence electrons. The van der Waals surface area contributed by atoms with Gasteiger partial charge in [0.05, 0.1) is 0 Å². The minimum atomic E-state index is 0.386. The molecule has 0 aromatic heterocycles. The van der Waals surface area contributed by atoms with E-state index >= 15 is 0 Å². The van der Waals surface area contributed by atoms with Gasteiger partial charge in [0.2, 0.25) is 0 Å². The van der Waals surface area contributed by atoms with E-state index in [1.165, 1.54) is 11.1 Å². The van der Waals surface area contributed by atoms with Crippen LogP contribution >= 0.6 is 12.2 Å². The average molecular weight is 271 g/mol. The summed E-state index contributed by atoms with van der Waals surface area (Å²) in [6, 6.07) is 13.9. The first-order valence-corrected chi connectivity index (χ1v) is 6.56. The van der Waals surface area contributed by atoms with Gasteiger partial charge in [-0.15, -0.1) is 0 Å². The SMILES string of the molecule is Cc1ccc(COc2cccc(C(N)=S)c2)cc1C. The van der Waals surface area contributed by atoms with Crippen LogP contribution in [0.2, 0.25) is 0 Å². The number of hydrogen-bond donors (Lipinski definition) is 1. The molecule has 0 aliphatic rings. The zero-order valence-corrected chi connectivity index (χ0v) is 12.0. The predicted molar refractivity (Wildman–Crippen MR) is 82.6 cm³/mol. The second-order valence-corrected chi connectivity index (χ2v) is 5.04. The Morgan fingerprint density at radius 3 is 2.58 bits per heavy atom. The van der Waals surface area contributed by atoms with E-state index in [2.05, 4.69) is 32.0 Å². The monoisotopic (exact) mass is 271 g/mol. The fourth-order valence-corrected chi connectivity index (χ4v) is 1.93. The van der Waals surface area contributed by atoms with Crippen molar-refractivity contribution in [3.8, 4) is 5.75 Å². The lowest BCUT2D eigenvalue weighted by Gasteiger charge is -2.09. The van der Waals surface area contributed by atoms with Crippen LogP contribution in [0.15, 0.2) is 42.5 Å². The number of thiocarbonyl (C=S) groups is 1. The van der Waals surface area contributed by atoms with Gasteiger partial charge in [-0.1, -0.05) is 42.5 Å². The normalized spacial score (nSPS) is 10.2. The van der Waals surface area contributed by atoms with Crippen molar-refractivity contribution in [2.45, 2.75) is 20.5 Å². The fraction of sp³-hybridized carbons (Fsp3) is 0.188. The van der Waals surface area contributed by atoms with Gasteiger partial charge in [0.1, 0.15) is 17.3 Å². The topological polar surface area (TPSA) is 35.2 Å². The first-order chi connectivity index (χ1) is 9.06. The minimum Gasteiger partial charge on any atom is -0.489 e. The molecule has 0 aliphatic heterocycles. The van der Waals surface area contributed by atoms with Gasteiger partial charge in [0.25, 0.3) is 0 Å². The number of aryl methyl sites for hydroxylation is 2. The Morgan fingerprint density at radius 1 is 1.11 bits per heavy atom. The molecule has 0 fully saturated rings. The van der Waals surface area contributed by atoms with Crippen molar-refractivity contribution in [1.29, 1.82) is 0 Å². The highest BCUT2D eigenvalue weighted by atomic mass is 32.1. The molecule has 0 radical (unpaired) electrons. The second kappa shape index (κ2) is 5.85. The Hall–Kier alpha value is -1.87. The molecule has 2 aromatic carbocycles. The van der Waals surface area contributed by atoms with Crippen LogP contribution in [0, 0.1) is 13.8 Å². The summed E-state index contributed by atoms with van der Waals surface area (Å²) >= 11 is 4.95. The van der Waals surface area contributed by atoms with Crippen LogP contribution in [0.5, 0.6) is 5.75 Å². The maximum Gasteiger partial charge on any atom is 0.120 e. The van der Waals surface area contributed by atoms with Crippen molar-refractivity contribution < 1.29 is 4.74 Å². The molecule has 3 heteroatoms. The smallest absolute Gasteiger partial charge is 0.120 e. The van der Waals surface area contributed by atoms with Crippen molar-refractivity contribution >= 4 is 17.2 Å². The Morgan fingerprint density at radius 2 is 1.89 bits per heavy atom. The van der Waals surface area contributed by atoms with Crippen molar-refractivity contribution in [3.05, 3.63) is 64.7 Å². The molecule has 0 amide bonds. The molecule has 0 saturated carbocycles. The number of nitrogens with two attached hydrogens (primary N) is 1. The summed E-state index contributed by atoms with van der Waals surface area (Å²) in [5, 5.41) is 0. The predicted octanol–water partition coefficient (Wildman–Crippen LogP) is 3.52. The third-order valence-corrected chi connectivity index (χ3v) is 3.33. The molecular weight excluding hydrogens is 254 g/mol. The lowest BCUT2D eigenvalue weighted by Crippen LogP contribution is -2.09. The first kappa shape index (κ1) is 13.6. The van der Waals surface area contributed by atoms with Gasteiger partial charge in [-0.25, -0.2) is 0 Å². The third kappa shape index (κ3) is 3.55. The highest BCUT2D eigenvalue weighted by Crippen LogP contribution is 2.16. The van der Waals surface area contributed by atoms with Crippen molar-refractivity contribution in [3.63, 3.8) is 0 Å². The van der Waals surface area contributed by atoms with E-state index in [0.717, 1.165) is 16.9 Å².